The fraction of sp³-hybridized carbons (Fsp3) is 0.182. The van der Waals surface area contributed by atoms with Crippen LogP contribution in [0.4, 0.5) is 0 Å². The zero-order valence-corrected chi connectivity index (χ0v) is 16.8. The summed E-state index contributed by atoms with van der Waals surface area (Å²) in [6, 6.07) is 14.4. The van der Waals surface area contributed by atoms with Gasteiger partial charge in [0, 0.05) is 6.20 Å². The molecular formula is C22H19N3O3S. The number of allylic oxidation sites excluding steroid dienone is 1. The first-order chi connectivity index (χ1) is 14.1. The summed E-state index contributed by atoms with van der Waals surface area (Å²) >= 11 is 1.30. The lowest BCUT2D eigenvalue weighted by Gasteiger charge is -2.25. The van der Waals surface area contributed by atoms with E-state index < -0.39 is 12.0 Å². The second kappa shape index (κ2) is 7.97. The van der Waals surface area contributed by atoms with E-state index in [0.717, 1.165) is 5.56 Å². The molecule has 0 saturated heterocycles. The van der Waals surface area contributed by atoms with Crippen molar-refractivity contribution in [1.82, 2.24) is 9.55 Å². The second-order valence-electron chi connectivity index (χ2n) is 6.45. The highest BCUT2D eigenvalue weighted by Gasteiger charge is 2.33. The maximum absolute atomic E-state index is 13.3. The Hall–Kier alpha value is -3.32. The van der Waals surface area contributed by atoms with Crippen molar-refractivity contribution >= 4 is 23.4 Å². The number of fused-ring (bicyclic) bond motifs is 1. The Morgan fingerprint density at radius 3 is 2.62 bits per heavy atom. The van der Waals surface area contributed by atoms with Gasteiger partial charge in [-0.05, 0) is 30.2 Å². The van der Waals surface area contributed by atoms with E-state index in [-0.39, 0.29) is 5.56 Å². The summed E-state index contributed by atoms with van der Waals surface area (Å²) in [6.07, 6.45) is 3.98. The molecule has 6 nitrogen and oxygen atoms in total. The van der Waals surface area contributed by atoms with Gasteiger partial charge in [0.2, 0.25) is 0 Å². The number of hydrogen-bond acceptors (Lipinski definition) is 6. The molecule has 0 radical (unpaired) electrons. The molecule has 1 atom stereocenters. The Labute approximate surface area is 171 Å². The van der Waals surface area contributed by atoms with Crippen LogP contribution in [-0.2, 0) is 9.53 Å². The standard InChI is InChI=1S/C22H19N3O3S/c1-3-16-18(21(27)28-2)19(14-9-5-4-6-10-14)25-20(26)17(29-22(25)24-16)13-15-11-7-8-12-23-15/h4-13,19H,3H2,1-2H3/b17-13-/t19-/m1/s1. The number of aromatic nitrogens is 2. The number of carbonyl (C=O) groups is 1. The van der Waals surface area contributed by atoms with Gasteiger partial charge in [-0.3, -0.25) is 14.3 Å². The summed E-state index contributed by atoms with van der Waals surface area (Å²) in [5, 5.41) is 0. The molecule has 2 aromatic heterocycles. The maximum atomic E-state index is 13.3. The first kappa shape index (κ1) is 19.0. The van der Waals surface area contributed by atoms with E-state index in [0.29, 0.717) is 32.7 Å². The van der Waals surface area contributed by atoms with Gasteiger partial charge in [-0.1, -0.05) is 54.7 Å². The molecular weight excluding hydrogens is 386 g/mol. The van der Waals surface area contributed by atoms with Gasteiger partial charge in [0.1, 0.15) is 0 Å². The van der Waals surface area contributed by atoms with E-state index in [1.165, 1.54) is 18.4 Å². The topological polar surface area (TPSA) is 73.6 Å². The molecule has 7 heteroatoms. The Bertz CT molecular complexity index is 1260. The second-order valence-corrected chi connectivity index (χ2v) is 7.46. The number of methoxy groups -OCH3 is 1. The molecule has 0 amide bonds. The number of esters is 1. The smallest absolute Gasteiger partial charge is 0.338 e. The molecule has 3 aromatic rings. The number of carbonyl (C=O) groups excluding carboxylic acids is 1. The van der Waals surface area contributed by atoms with E-state index in [4.69, 9.17) is 4.74 Å². The van der Waals surface area contributed by atoms with Crippen molar-refractivity contribution < 1.29 is 9.53 Å². The Balaban J connectivity index is 2.01. The van der Waals surface area contributed by atoms with Crippen LogP contribution in [0.3, 0.4) is 0 Å². The quantitative estimate of drug-likeness (QED) is 0.624. The molecule has 0 saturated carbocycles. The molecule has 1 aromatic carbocycles. The summed E-state index contributed by atoms with van der Waals surface area (Å²) in [5.41, 5.74) is 2.36. The minimum absolute atomic E-state index is 0.204. The largest absolute Gasteiger partial charge is 0.466 e. The lowest BCUT2D eigenvalue weighted by molar-refractivity contribution is -0.136. The fourth-order valence-electron chi connectivity index (χ4n) is 3.41. The molecule has 0 unspecified atom stereocenters. The molecule has 29 heavy (non-hydrogen) atoms. The number of hydrogen-bond donors (Lipinski definition) is 0. The first-order valence-corrected chi connectivity index (χ1v) is 10.0. The van der Waals surface area contributed by atoms with Crippen LogP contribution in [0.2, 0.25) is 0 Å². The summed E-state index contributed by atoms with van der Waals surface area (Å²) in [4.78, 5) is 35.5. The first-order valence-electron chi connectivity index (χ1n) is 9.23. The number of pyridine rings is 1. The van der Waals surface area contributed by atoms with Crippen molar-refractivity contribution in [1.29, 1.82) is 0 Å². The van der Waals surface area contributed by atoms with E-state index in [2.05, 4.69) is 9.98 Å². The van der Waals surface area contributed by atoms with Crippen molar-refractivity contribution in [3.8, 4) is 0 Å². The minimum Gasteiger partial charge on any atom is -0.466 e. The van der Waals surface area contributed by atoms with E-state index in [9.17, 15) is 9.59 Å². The maximum Gasteiger partial charge on any atom is 0.338 e. The van der Waals surface area contributed by atoms with Gasteiger partial charge < -0.3 is 4.74 Å². The van der Waals surface area contributed by atoms with Gasteiger partial charge in [0.25, 0.3) is 5.56 Å². The molecule has 0 fully saturated rings. The molecule has 0 N–H and O–H groups in total. The highest BCUT2D eigenvalue weighted by molar-refractivity contribution is 7.07. The molecule has 1 aliphatic heterocycles. The molecule has 4 rings (SSSR count). The van der Waals surface area contributed by atoms with Gasteiger partial charge in [0.05, 0.1) is 34.6 Å². The van der Waals surface area contributed by atoms with Gasteiger partial charge in [-0.15, -0.1) is 0 Å². The van der Waals surface area contributed by atoms with Crippen LogP contribution < -0.4 is 14.9 Å². The predicted molar refractivity (Wildman–Crippen MR) is 111 cm³/mol. The lowest BCUT2D eigenvalue weighted by atomic mass is 9.95. The average Bonchev–Trinajstić information content (AvgIpc) is 3.08. The van der Waals surface area contributed by atoms with Crippen molar-refractivity contribution in [2.75, 3.05) is 7.11 Å². The van der Waals surface area contributed by atoms with Gasteiger partial charge in [-0.25, -0.2) is 9.79 Å². The van der Waals surface area contributed by atoms with Crippen molar-refractivity contribution in [3.05, 3.63) is 96.9 Å². The summed E-state index contributed by atoms with van der Waals surface area (Å²) in [7, 11) is 1.34. The van der Waals surface area contributed by atoms with Gasteiger partial charge >= 0.3 is 5.97 Å². The molecule has 1 aliphatic rings. The number of nitrogens with zero attached hydrogens (tertiary/aromatic N) is 3. The summed E-state index contributed by atoms with van der Waals surface area (Å²) < 4.78 is 7.15. The Morgan fingerprint density at radius 2 is 1.97 bits per heavy atom. The monoisotopic (exact) mass is 405 g/mol. The molecule has 146 valence electrons. The third-order valence-corrected chi connectivity index (χ3v) is 5.72. The Morgan fingerprint density at radius 1 is 1.21 bits per heavy atom. The number of ether oxygens (including phenoxy) is 1. The summed E-state index contributed by atoms with van der Waals surface area (Å²) in [5.74, 6) is -0.474. The predicted octanol–water partition coefficient (Wildman–Crippen LogP) is 2.19. The van der Waals surface area contributed by atoms with Crippen LogP contribution in [0, 0.1) is 0 Å². The summed E-state index contributed by atoms with van der Waals surface area (Å²) in [6.45, 7) is 1.94. The van der Waals surface area contributed by atoms with Gasteiger partial charge in [0.15, 0.2) is 4.80 Å². The molecule has 3 heterocycles. The van der Waals surface area contributed by atoms with Crippen LogP contribution in [0.25, 0.3) is 6.08 Å². The van der Waals surface area contributed by atoms with Crippen LogP contribution in [0.15, 0.2) is 75.8 Å². The Kier molecular flexibility index (Phi) is 5.22. The van der Waals surface area contributed by atoms with Crippen molar-refractivity contribution in [2.24, 2.45) is 4.99 Å². The number of rotatable bonds is 4. The lowest BCUT2D eigenvalue weighted by Crippen LogP contribution is -2.40. The van der Waals surface area contributed by atoms with Crippen LogP contribution in [0.5, 0.6) is 0 Å². The third kappa shape index (κ3) is 3.45. The van der Waals surface area contributed by atoms with Crippen molar-refractivity contribution in [3.63, 3.8) is 0 Å². The molecule has 0 bridgehead atoms. The average molecular weight is 405 g/mol. The number of thiazole rings is 1. The van der Waals surface area contributed by atoms with Crippen LogP contribution in [0.1, 0.15) is 30.6 Å². The van der Waals surface area contributed by atoms with Crippen LogP contribution in [-0.4, -0.2) is 22.6 Å². The zero-order valence-electron chi connectivity index (χ0n) is 16.0. The highest BCUT2D eigenvalue weighted by atomic mass is 32.1. The fourth-order valence-corrected chi connectivity index (χ4v) is 4.42. The number of benzene rings is 1. The van der Waals surface area contributed by atoms with E-state index >= 15 is 0 Å². The molecule has 0 spiro atoms. The van der Waals surface area contributed by atoms with Gasteiger partial charge in [-0.2, -0.15) is 0 Å². The normalized spacial score (nSPS) is 16.3. The molecule has 0 aliphatic carbocycles. The minimum atomic E-state index is -0.583. The third-order valence-electron chi connectivity index (χ3n) is 4.73. The van der Waals surface area contributed by atoms with Crippen LogP contribution >= 0.6 is 11.3 Å². The zero-order chi connectivity index (χ0) is 20.4. The van der Waals surface area contributed by atoms with E-state index in [1.807, 2.05) is 55.5 Å². The van der Waals surface area contributed by atoms with Crippen molar-refractivity contribution in [2.45, 2.75) is 19.4 Å². The SMILES string of the molecule is CCC1=C(C(=O)OC)[C@@H](c2ccccc2)n2c(s/c(=C\c3ccccn3)c2=O)=N1. The van der Waals surface area contributed by atoms with E-state index in [1.54, 1.807) is 16.8 Å². The highest BCUT2D eigenvalue weighted by Crippen LogP contribution is 2.31.